The smallest absolute Gasteiger partial charge is 0.0450 e. The van der Waals surface area contributed by atoms with Gasteiger partial charge in [0.15, 0.2) is 0 Å². The van der Waals surface area contributed by atoms with Gasteiger partial charge in [0.25, 0.3) is 0 Å². The monoisotopic (exact) mass is 285 g/mol. The Balaban J connectivity index is 1.50. The van der Waals surface area contributed by atoms with Crippen LogP contribution in [0.2, 0.25) is 5.02 Å². The zero-order chi connectivity index (χ0) is 13.9. The first-order valence-corrected chi connectivity index (χ1v) is 7.63. The fourth-order valence-corrected chi connectivity index (χ4v) is 3.08. The molecule has 0 bridgehead atoms. The lowest BCUT2D eigenvalue weighted by molar-refractivity contribution is 0.289. The molecule has 2 aromatic carbocycles. The van der Waals surface area contributed by atoms with Crippen LogP contribution in [-0.4, -0.2) is 6.04 Å². The number of hydrogen-bond donors (Lipinski definition) is 1. The van der Waals surface area contributed by atoms with Gasteiger partial charge in [-0.3, -0.25) is 0 Å². The van der Waals surface area contributed by atoms with E-state index in [9.17, 15) is 0 Å². The van der Waals surface area contributed by atoms with E-state index in [0.717, 1.165) is 17.5 Å². The van der Waals surface area contributed by atoms with E-state index in [-0.39, 0.29) is 0 Å². The molecule has 0 spiro atoms. The molecular weight excluding hydrogens is 266 g/mol. The molecule has 20 heavy (non-hydrogen) atoms. The van der Waals surface area contributed by atoms with E-state index in [1.54, 1.807) is 0 Å². The maximum absolute atomic E-state index is 6.17. The van der Waals surface area contributed by atoms with Gasteiger partial charge in [-0.25, -0.2) is 0 Å². The number of halogens is 1. The van der Waals surface area contributed by atoms with E-state index < -0.39 is 0 Å². The van der Waals surface area contributed by atoms with Crippen molar-refractivity contribution < 1.29 is 0 Å². The van der Waals surface area contributed by atoms with E-state index in [1.807, 2.05) is 18.2 Å². The normalized spacial score (nSPS) is 21.5. The van der Waals surface area contributed by atoms with Crippen molar-refractivity contribution >= 4 is 11.6 Å². The number of benzene rings is 2. The van der Waals surface area contributed by atoms with Crippen molar-refractivity contribution in [1.29, 1.82) is 0 Å². The number of hydrogen-bond acceptors (Lipinski definition) is 1. The average molecular weight is 286 g/mol. The highest BCUT2D eigenvalue weighted by Crippen LogP contribution is 2.37. The molecule has 1 aliphatic rings. The minimum absolute atomic E-state index is 0.622. The fourth-order valence-electron chi connectivity index (χ4n) is 2.88. The van der Waals surface area contributed by atoms with Crippen molar-refractivity contribution in [2.45, 2.75) is 38.3 Å². The van der Waals surface area contributed by atoms with E-state index in [0.29, 0.717) is 6.04 Å². The summed E-state index contributed by atoms with van der Waals surface area (Å²) < 4.78 is 0. The zero-order valence-electron chi connectivity index (χ0n) is 11.8. The van der Waals surface area contributed by atoms with Gasteiger partial charge in [0.2, 0.25) is 0 Å². The van der Waals surface area contributed by atoms with Gasteiger partial charge < -0.3 is 5.32 Å². The molecule has 1 aliphatic carbocycles. The van der Waals surface area contributed by atoms with Gasteiger partial charge in [-0.15, -0.1) is 0 Å². The summed E-state index contributed by atoms with van der Waals surface area (Å²) in [5, 5.41) is 4.46. The van der Waals surface area contributed by atoms with Crippen molar-refractivity contribution in [3.8, 4) is 0 Å². The molecular formula is C18H20ClN. The first-order valence-electron chi connectivity index (χ1n) is 7.26. The summed E-state index contributed by atoms with van der Waals surface area (Å²) in [7, 11) is 0. The molecule has 2 aromatic rings. The first kappa shape index (κ1) is 13.7. The van der Waals surface area contributed by atoms with Gasteiger partial charge in [0, 0.05) is 17.6 Å². The van der Waals surface area contributed by atoms with Gasteiger partial charge in [-0.2, -0.15) is 0 Å². The van der Waals surface area contributed by atoms with Gasteiger partial charge in [0.1, 0.15) is 0 Å². The van der Waals surface area contributed by atoms with Crippen LogP contribution in [0.25, 0.3) is 0 Å². The third kappa shape index (κ3) is 3.05. The quantitative estimate of drug-likeness (QED) is 0.860. The lowest BCUT2D eigenvalue weighted by Crippen LogP contribution is -2.39. The van der Waals surface area contributed by atoms with Crippen LogP contribution in [0.1, 0.15) is 35.4 Å². The second kappa shape index (κ2) is 5.99. The van der Waals surface area contributed by atoms with E-state index in [1.165, 1.54) is 29.5 Å². The Morgan fingerprint density at radius 2 is 1.90 bits per heavy atom. The molecule has 3 rings (SSSR count). The van der Waals surface area contributed by atoms with Gasteiger partial charge in [0.05, 0.1) is 0 Å². The van der Waals surface area contributed by atoms with Gasteiger partial charge >= 0.3 is 0 Å². The summed E-state index contributed by atoms with van der Waals surface area (Å²) in [4.78, 5) is 0. The third-order valence-electron chi connectivity index (χ3n) is 4.19. The largest absolute Gasteiger partial charge is 0.310 e. The number of rotatable bonds is 4. The van der Waals surface area contributed by atoms with Gasteiger partial charge in [-0.1, -0.05) is 59.6 Å². The second-order valence-corrected chi connectivity index (χ2v) is 6.16. The van der Waals surface area contributed by atoms with Crippen LogP contribution in [0.3, 0.4) is 0 Å². The van der Waals surface area contributed by atoms with Crippen LogP contribution in [-0.2, 0) is 6.54 Å². The zero-order valence-corrected chi connectivity index (χ0v) is 12.5. The topological polar surface area (TPSA) is 12.0 Å². The van der Waals surface area contributed by atoms with E-state index in [4.69, 9.17) is 11.6 Å². The van der Waals surface area contributed by atoms with Crippen molar-refractivity contribution in [3.63, 3.8) is 0 Å². The summed E-state index contributed by atoms with van der Waals surface area (Å²) >= 11 is 6.17. The second-order valence-electron chi connectivity index (χ2n) is 5.75. The molecule has 0 aliphatic heterocycles. The standard InChI is InChI=1S/C18H20ClN/c1-13-5-4-7-14(9-13)16-10-17(11-16)20-12-15-6-2-3-8-18(15)19/h2-9,16-17,20H,10-12H2,1H3. The SMILES string of the molecule is Cc1cccc(C2CC(NCc3ccccc3Cl)C2)c1. The Labute approximate surface area is 126 Å². The molecule has 0 radical (unpaired) electrons. The molecule has 0 heterocycles. The molecule has 104 valence electrons. The first-order chi connectivity index (χ1) is 9.72. The lowest BCUT2D eigenvalue weighted by atomic mass is 9.75. The molecule has 0 aromatic heterocycles. The van der Waals surface area contributed by atoms with Crippen LogP contribution < -0.4 is 5.32 Å². The summed E-state index contributed by atoms with van der Waals surface area (Å²) in [5.74, 6) is 0.721. The third-order valence-corrected chi connectivity index (χ3v) is 4.56. The number of aryl methyl sites for hydroxylation is 1. The summed E-state index contributed by atoms with van der Waals surface area (Å²) in [6, 6.07) is 17.6. The Morgan fingerprint density at radius 1 is 1.10 bits per heavy atom. The van der Waals surface area contributed by atoms with Crippen LogP contribution in [0.15, 0.2) is 48.5 Å². The Kier molecular flexibility index (Phi) is 4.09. The molecule has 1 nitrogen and oxygen atoms in total. The van der Waals surface area contributed by atoms with Crippen molar-refractivity contribution in [3.05, 3.63) is 70.2 Å². The van der Waals surface area contributed by atoms with Crippen LogP contribution >= 0.6 is 11.6 Å². The average Bonchev–Trinajstić information content (AvgIpc) is 2.39. The molecule has 2 heteroatoms. The maximum atomic E-state index is 6.17. The minimum atomic E-state index is 0.622. The highest BCUT2D eigenvalue weighted by atomic mass is 35.5. The highest BCUT2D eigenvalue weighted by Gasteiger charge is 2.29. The molecule has 1 saturated carbocycles. The maximum Gasteiger partial charge on any atom is 0.0450 e. The van der Waals surface area contributed by atoms with Crippen molar-refractivity contribution in [1.82, 2.24) is 5.32 Å². The molecule has 0 atom stereocenters. The molecule has 0 amide bonds. The number of nitrogens with one attached hydrogen (secondary N) is 1. The Hall–Kier alpha value is -1.31. The summed E-state index contributed by atoms with van der Waals surface area (Å²) in [6.45, 7) is 3.03. The highest BCUT2D eigenvalue weighted by molar-refractivity contribution is 6.31. The Bertz CT molecular complexity index is 587. The lowest BCUT2D eigenvalue weighted by Gasteiger charge is -2.36. The van der Waals surface area contributed by atoms with E-state index >= 15 is 0 Å². The fraction of sp³-hybridized carbons (Fsp3) is 0.333. The minimum Gasteiger partial charge on any atom is -0.310 e. The predicted molar refractivity (Wildman–Crippen MR) is 85.2 cm³/mol. The molecule has 0 saturated heterocycles. The summed E-state index contributed by atoms with van der Waals surface area (Å²) in [6.07, 6.45) is 2.46. The van der Waals surface area contributed by atoms with Crippen LogP contribution in [0.5, 0.6) is 0 Å². The Morgan fingerprint density at radius 3 is 2.65 bits per heavy atom. The molecule has 0 unspecified atom stereocenters. The van der Waals surface area contributed by atoms with E-state index in [2.05, 4.69) is 42.6 Å². The van der Waals surface area contributed by atoms with Gasteiger partial charge in [-0.05, 0) is 42.9 Å². The van der Waals surface area contributed by atoms with Crippen LogP contribution in [0, 0.1) is 6.92 Å². The van der Waals surface area contributed by atoms with Crippen LogP contribution in [0.4, 0.5) is 0 Å². The van der Waals surface area contributed by atoms with Crippen molar-refractivity contribution in [2.24, 2.45) is 0 Å². The predicted octanol–water partition coefficient (Wildman–Crippen LogP) is 4.68. The molecule has 1 fully saturated rings. The molecule has 1 N–H and O–H groups in total. The summed E-state index contributed by atoms with van der Waals surface area (Å²) in [5.41, 5.74) is 4.03. The van der Waals surface area contributed by atoms with Crippen molar-refractivity contribution in [2.75, 3.05) is 0 Å².